The van der Waals surface area contributed by atoms with Crippen LogP contribution in [0.15, 0.2) is 70.5 Å². The van der Waals surface area contributed by atoms with Crippen molar-refractivity contribution in [2.45, 2.75) is 18.6 Å². The standard InChI is InChI=1S/C22H21N5O3S/c1-14-19(21(30)27(26(14)2)16-11-7-4-8-12-16)24-22-25-20(29)17(31-22)13-18(28)23-15-9-5-3-6-10-15/h3-12,17H,13H2,1-2H3,(H,23,28)(H,24,25,29)/t17-/m0/s1. The van der Waals surface area contributed by atoms with Crippen LogP contribution in [0.25, 0.3) is 5.69 Å². The third-order valence-electron chi connectivity index (χ3n) is 4.94. The number of aliphatic imine (C=N–C) groups is 1. The maximum absolute atomic E-state index is 13.0. The molecule has 8 nitrogen and oxygen atoms in total. The molecule has 0 aliphatic carbocycles. The number of nitrogens with zero attached hydrogens (tertiary/aromatic N) is 3. The van der Waals surface area contributed by atoms with Crippen LogP contribution in [0.3, 0.4) is 0 Å². The summed E-state index contributed by atoms with van der Waals surface area (Å²) in [6, 6.07) is 18.3. The minimum atomic E-state index is -0.608. The Balaban J connectivity index is 1.52. The monoisotopic (exact) mass is 435 g/mol. The number of rotatable bonds is 5. The molecule has 1 aromatic heterocycles. The van der Waals surface area contributed by atoms with Crippen LogP contribution in [-0.4, -0.2) is 31.6 Å². The number of hydrogen-bond acceptors (Lipinski definition) is 5. The molecule has 31 heavy (non-hydrogen) atoms. The number of amidine groups is 1. The lowest BCUT2D eigenvalue weighted by Crippen LogP contribution is -2.28. The number of aromatic nitrogens is 2. The van der Waals surface area contributed by atoms with Crippen LogP contribution in [0.1, 0.15) is 12.1 Å². The predicted octanol–water partition coefficient (Wildman–Crippen LogP) is 2.73. The third kappa shape index (κ3) is 4.31. The maximum atomic E-state index is 13.0. The summed E-state index contributed by atoms with van der Waals surface area (Å²) >= 11 is 1.15. The second-order valence-corrected chi connectivity index (χ2v) is 8.23. The normalized spacial score (nSPS) is 17.0. The molecule has 0 saturated carbocycles. The number of amides is 2. The summed E-state index contributed by atoms with van der Waals surface area (Å²) in [5.74, 6) is -0.564. The van der Waals surface area contributed by atoms with E-state index >= 15 is 0 Å². The first-order valence-electron chi connectivity index (χ1n) is 9.69. The first kappa shape index (κ1) is 20.7. The van der Waals surface area contributed by atoms with Crippen LogP contribution < -0.4 is 16.2 Å². The van der Waals surface area contributed by atoms with Gasteiger partial charge in [-0.3, -0.25) is 19.1 Å². The topological polar surface area (TPSA) is 97.5 Å². The number of carbonyl (C=O) groups excluding carboxylic acids is 2. The van der Waals surface area contributed by atoms with Crippen molar-refractivity contribution < 1.29 is 9.59 Å². The fourth-order valence-electron chi connectivity index (χ4n) is 3.28. The highest BCUT2D eigenvalue weighted by Crippen LogP contribution is 2.26. The highest BCUT2D eigenvalue weighted by Gasteiger charge is 2.32. The van der Waals surface area contributed by atoms with Gasteiger partial charge in [-0.15, -0.1) is 0 Å². The molecule has 0 unspecified atom stereocenters. The van der Waals surface area contributed by atoms with Gasteiger partial charge in [-0.05, 0) is 31.2 Å². The van der Waals surface area contributed by atoms with E-state index in [4.69, 9.17) is 0 Å². The average Bonchev–Trinajstić information content (AvgIpc) is 3.20. The molecule has 158 valence electrons. The van der Waals surface area contributed by atoms with E-state index in [9.17, 15) is 14.4 Å². The fraction of sp³-hybridized carbons (Fsp3) is 0.182. The number of benzene rings is 2. The molecule has 0 radical (unpaired) electrons. The van der Waals surface area contributed by atoms with Gasteiger partial charge in [-0.1, -0.05) is 48.2 Å². The lowest BCUT2D eigenvalue weighted by atomic mass is 10.2. The van der Waals surface area contributed by atoms with Crippen LogP contribution in [0.5, 0.6) is 0 Å². The number of anilines is 1. The first-order chi connectivity index (χ1) is 14.9. The van der Waals surface area contributed by atoms with Crippen molar-refractivity contribution in [2.75, 3.05) is 5.32 Å². The van der Waals surface area contributed by atoms with Gasteiger partial charge in [0.25, 0.3) is 5.56 Å². The number of nitrogens with one attached hydrogen (secondary N) is 2. The van der Waals surface area contributed by atoms with Gasteiger partial charge in [0.15, 0.2) is 10.9 Å². The van der Waals surface area contributed by atoms with E-state index < -0.39 is 5.25 Å². The van der Waals surface area contributed by atoms with E-state index in [0.29, 0.717) is 16.5 Å². The largest absolute Gasteiger partial charge is 0.326 e. The Morgan fingerprint density at radius 3 is 2.42 bits per heavy atom. The fourth-order valence-corrected chi connectivity index (χ4v) is 4.25. The van der Waals surface area contributed by atoms with Crippen molar-refractivity contribution in [1.82, 2.24) is 14.7 Å². The minimum absolute atomic E-state index is 0.00638. The van der Waals surface area contributed by atoms with Gasteiger partial charge in [-0.2, -0.15) is 0 Å². The van der Waals surface area contributed by atoms with Crippen molar-refractivity contribution in [2.24, 2.45) is 12.0 Å². The van der Waals surface area contributed by atoms with Crippen LogP contribution in [-0.2, 0) is 16.6 Å². The Hall–Kier alpha value is -3.59. The molecule has 2 heterocycles. The lowest BCUT2D eigenvalue weighted by molar-refractivity contribution is -0.122. The van der Waals surface area contributed by atoms with E-state index in [1.807, 2.05) is 48.5 Å². The van der Waals surface area contributed by atoms with Gasteiger partial charge >= 0.3 is 0 Å². The van der Waals surface area contributed by atoms with Crippen molar-refractivity contribution >= 4 is 40.1 Å². The Bertz CT molecular complexity index is 1220. The molecular weight excluding hydrogens is 414 g/mol. The first-order valence-corrected chi connectivity index (χ1v) is 10.6. The van der Waals surface area contributed by atoms with Gasteiger partial charge in [0, 0.05) is 19.2 Å². The smallest absolute Gasteiger partial charge is 0.297 e. The molecular formula is C22H21N5O3S. The summed E-state index contributed by atoms with van der Waals surface area (Å²) in [6.45, 7) is 1.80. The average molecular weight is 436 g/mol. The van der Waals surface area contributed by atoms with Gasteiger partial charge in [-0.25, -0.2) is 9.67 Å². The van der Waals surface area contributed by atoms with Crippen LogP contribution in [0.4, 0.5) is 11.4 Å². The van der Waals surface area contributed by atoms with Crippen molar-refractivity contribution in [3.8, 4) is 5.69 Å². The lowest BCUT2D eigenvalue weighted by Gasteiger charge is -2.07. The molecule has 1 aliphatic heterocycles. The van der Waals surface area contributed by atoms with E-state index in [1.54, 1.807) is 30.8 Å². The summed E-state index contributed by atoms with van der Waals surface area (Å²) in [5, 5.41) is 5.16. The molecule has 1 atom stereocenters. The Kier molecular flexibility index (Phi) is 5.77. The molecule has 1 fully saturated rings. The molecule has 1 saturated heterocycles. The highest BCUT2D eigenvalue weighted by molar-refractivity contribution is 8.15. The van der Waals surface area contributed by atoms with E-state index in [-0.39, 0.29) is 29.5 Å². The number of carbonyl (C=O) groups is 2. The summed E-state index contributed by atoms with van der Waals surface area (Å²) in [7, 11) is 1.78. The van der Waals surface area contributed by atoms with Gasteiger partial charge < -0.3 is 10.6 Å². The van der Waals surface area contributed by atoms with Crippen LogP contribution >= 0.6 is 11.8 Å². The van der Waals surface area contributed by atoms with Crippen molar-refractivity contribution in [3.05, 3.63) is 76.7 Å². The van der Waals surface area contributed by atoms with Gasteiger partial charge in [0.1, 0.15) is 5.25 Å². The Morgan fingerprint density at radius 1 is 1.10 bits per heavy atom. The number of hydrogen-bond donors (Lipinski definition) is 2. The van der Waals surface area contributed by atoms with Gasteiger partial charge in [0.2, 0.25) is 11.8 Å². The molecule has 2 aromatic carbocycles. The molecule has 2 N–H and O–H groups in total. The number of thioether (sulfide) groups is 1. The molecule has 1 aliphatic rings. The zero-order valence-electron chi connectivity index (χ0n) is 17.0. The summed E-state index contributed by atoms with van der Waals surface area (Å²) < 4.78 is 3.25. The quantitative estimate of drug-likeness (QED) is 0.644. The Labute approximate surface area is 183 Å². The summed E-state index contributed by atoms with van der Waals surface area (Å²) in [4.78, 5) is 42.0. The molecule has 3 aromatic rings. The van der Waals surface area contributed by atoms with Crippen LogP contribution in [0, 0.1) is 6.92 Å². The maximum Gasteiger partial charge on any atom is 0.297 e. The van der Waals surface area contributed by atoms with Gasteiger partial charge in [0.05, 0.1) is 11.4 Å². The molecule has 2 amide bonds. The summed E-state index contributed by atoms with van der Waals surface area (Å²) in [5.41, 5.74) is 2.04. The SMILES string of the molecule is Cc1c(N=C2NC(=O)[C@H](CC(=O)Nc3ccccc3)S2)c(=O)n(-c2ccccc2)n1C. The minimum Gasteiger partial charge on any atom is -0.326 e. The highest BCUT2D eigenvalue weighted by atomic mass is 32.2. The zero-order valence-corrected chi connectivity index (χ0v) is 17.8. The molecule has 4 rings (SSSR count). The second-order valence-electron chi connectivity index (χ2n) is 7.04. The molecule has 0 bridgehead atoms. The second kappa shape index (κ2) is 8.65. The van der Waals surface area contributed by atoms with Crippen molar-refractivity contribution in [3.63, 3.8) is 0 Å². The van der Waals surface area contributed by atoms with E-state index in [2.05, 4.69) is 15.6 Å². The zero-order chi connectivity index (χ0) is 22.0. The van der Waals surface area contributed by atoms with Crippen molar-refractivity contribution in [1.29, 1.82) is 0 Å². The molecule has 9 heteroatoms. The predicted molar refractivity (Wildman–Crippen MR) is 122 cm³/mol. The number of para-hydroxylation sites is 2. The van der Waals surface area contributed by atoms with E-state index in [1.165, 1.54) is 4.68 Å². The van der Waals surface area contributed by atoms with E-state index in [0.717, 1.165) is 17.4 Å². The molecule has 0 spiro atoms. The van der Waals surface area contributed by atoms with Crippen LogP contribution in [0.2, 0.25) is 0 Å². The Morgan fingerprint density at radius 2 is 1.74 bits per heavy atom. The summed E-state index contributed by atoms with van der Waals surface area (Å²) in [6.07, 6.45) is 0.00638. The third-order valence-corrected chi connectivity index (χ3v) is 6.02.